The maximum atomic E-state index is 12.0. The maximum Gasteiger partial charge on any atom is 0.253 e. The summed E-state index contributed by atoms with van der Waals surface area (Å²) < 4.78 is 1.74. The van der Waals surface area contributed by atoms with Crippen LogP contribution in [0.4, 0.5) is 5.82 Å². The number of halogens is 1. The number of anilines is 1. The second kappa shape index (κ2) is 5.23. The number of nitrogen functional groups attached to an aromatic ring is 1. The highest BCUT2D eigenvalue weighted by Gasteiger charge is 2.16. The maximum absolute atomic E-state index is 12.0. The Balaban J connectivity index is 2.13. The number of rotatable bonds is 3. The molecule has 2 aromatic rings. The minimum atomic E-state index is -0.301. The second-order valence-corrected chi connectivity index (χ2v) is 4.49. The van der Waals surface area contributed by atoms with E-state index in [0.717, 1.165) is 0 Å². The van der Waals surface area contributed by atoms with Gasteiger partial charge in [-0.2, -0.15) is 0 Å². The summed E-state index contributed by atoms with van der Waals surface area (Å²) in [4.78, 5) is 15.9. The van der Waals surface area contributed by atoms with Crippen molar-refractivity contribution in [3.8, 4) is 0 Å². The Kier molecular flexibility index (Phi) is 3.66. The highest BCUT2D eigenvalue weighted by Crippen LogP contribution is 2.17. The van der Waals surface area contributed by atoms with Crippen molar-refractivity contribution in [2.45, 2.75) is 13.0 Å². The zero-order chi connectivity index (χ0) is 14.0. The monoisotopic (exact) mass is 280 g/mol. The molecule has 8 heteroatoms. The van der Waals surface area contributed by atoms with E-state index in [4.69, 9.17) is 17.3 Å². The fourth-order valence-corrected chi connectivity index (χ4v) is 1.77. The standard InChI is InChI=1S/C11H13ClN6O/c1-6(10-17-15-5-18(10)2)16-11(19)7-3-8(12)9(13)14-4-7/h3-6H,1-2H3,(H2,13,14)(H,16,19). The normalized spacial score (nSPS) is 12.2. The molecule has 0 radical (unpaired) electrons. The van der Waals surface area contributed by atoms with Gasteiger partial charge in [0.05, 0.1) is 16.6 Å². The van der Waals surface area contributed by atoms with Gasteiger partial charge in [-0.15, -0.1) is 10.2 Å². The summed E-state index contributed by atoms with van der Waals surface area (Å²) in [5.74, 6) is 0.548. The molecule has 0 bridgehead atoms. The number of carbonyl (C=O) groups excluding carboxylic acids is 1. The minimum Gasteiger partial charge on any atom is -0.382 e. The molecule has 0 fully saturated rings. The van der Waals surface area contributed by atoms with Crippen LogP contribution >= 0.6 is 11.6 Å². The molecule has 0 aliphatic heterocycles. The fraction of sp³-hybridized carbons (Fsp3) is 0.273. The van der Waals surface area contributed by atoms with Crippen molar-refractivity contribution in [3.63, 3.8) is 0 Å². The topological polar surface area (TPSA) is 98.7 Å². The molecular formula is C11H13ClN6O. The van der Waals surface area contributed by atoms with Crippen LogP contribution in [0.1, 0.15) is 29.1 Å². The van der Waals surface area contributed by atoms with Crippen molar-refractivity contribution in [3.05, 3.63) is 35.0 Å². The van der Waals surface area contributed by atoms with Crippen LogP contribution in [-0.4, -0.2) is 25.7 Å². The predicted octanol–water partition coefficient (Wildman–Crippen LogP) is 0.937. The number of carbonyl (C=O) groups is 1. The van der Waals surface area contributed by atoms with Gasteiger partial charge in [-0.05, 0) is 13.0 Å². The van der Waals surface area contributed by atoms with E-state index in [-0.39, 0.29) is 22.8 Å². The molecule has 19 heavy (non-hydrogen) atoms. The Morgan fingerprint density at radius 2 is 2.32 bits per heavy atom. The Hall–Kier alpha value is -2.15. The molecule has 7 nitrogen and oxygen atoms in total. The van der Waals surface area contributed by atoms with Crippen LogP contribution in [0, 0.1) is 0 Å². The van der Waals surface area contributed by atoms with Crippen molar-refractivity contribution >= 4 is 23.3 Å². The van der Waals surface area contributed by atoms with E-state index in [0.29, 0.717) is 11.4 Å². The summed E-state index contributed by atoms with van der Waals surface area (Å²) in [6, 6.07) is 1.19. The van der Waals surface area contributed by atoms with Crippen LogP contribution in [0.3, 0.4) is 0 Å². The molecule has 1 atom stereocenters. The van der Waals surface area contributed by atoms with Crippen LogP contribution < -0.4 is 11.1 Å². The lowest BCUT2D eigenvalue weighted by atomic mass is 10.2. The van der Waals surface area contributed by atoms with Crippen molar-refractivity contribution in [1.29, 1.82) is 0 Å². The van der Waals surface area contributed by atoms with Gasteiger partial charge in [-0.1, -0.05) is 11.6 Å². The van der Waals surface area contributed by atoms with Gasteiger partial charge in [-0.3, -0.25) is 4.79 Å². The zero-order valence-corrected chi connectivity index (χ0v) is 11.2. The van der Waals surface area contributed by atoms with E-state index in [9.17, 15) is 4.79 Å². The van der Waals surface area contributed by atoms with Crippen molar-refractivity contribution in [2.75, 3.05) is 5.73 Å². The number of amides is 1. The molecule has 0 aromatic carbocycles. The van der Waals surface area contributed by atoms with Gasteiger partial charge in [0.2, 0.25) is 0 Å². The van der Waals surface area contributed by atoms with Gasteiger partial charge in [0, 0.05) is 13.2 Å². The molecule has 3 N–H and O–H groups in total. The smallest absolute Gasteiger partial charge is 0.253 e. The molecule has 0 saturated heterocycles. The van der Waals surface area contributed by atoms with Crippen LogP contribution in [0.5, 0.6) is 0 Å². The lowest BCUT2D eigenvalue weighted by molar-refractivity contribution is 0.0937. The van der Waals surface area contributed by atoms with Crippen molar-refractivity contribution in [1.82, 2.24) is 25.1 Å². The molecular weight excluding hydrogens is 268 g/mol. The number of nitrogens with two attached hydrogens (primary N) is 1. The molecule has 0 spiro atoms. The van der Waals surface area contributed by atoms with Crippen LogP contribution in [0.25, 0.3) is 0 Å². The molecule has 0 aliphatic carbocycles. The second-order valence-electron chi connectivity index (χ2n) is 4.09. The minimum absolute atomic E-state index is 0.194. The van der Waals surface area contributed by atoms with Crippen LogP contribution in [0.2, 0.25) is 5.02 Å². The molecule has 100 valence electrons. The number of pyridine rings is 1. The van der Waals surface area contributed by atoms with Crippen LogP contribution in [0.15, 0.2) is 18.6 Å². The highest BCUT2D eigenvalue weighted by atomic mass is 35.5. The first-order valence-electron chi connectivity index (χ1n) is 5.55. The van der Waals surface area contributed by atoms with E-state index >= 15 is 0 Å². The zero-order valence-electron chi connectivity index (χ0n) is 10.5. The quantitative estimate of drug-likeness (QED) is 0.872. The number of aromatic nitrogens is 4. The molecule has 0 aliphatic rings. The summed E-state index contributed by atoms with van der Waals surface area (Å²) in [6.45, 7) is 1.81. The molecule has 1 amide bonds. The predicted molar refractivity (Wildman–Crippen MR) is 70.5 cm³/mol. The van der Waals surface area contributed by atoms with Crippen LogP contribution in [-0.2, 0) is 7.05 Å². The van der Waals surface area contributed by atoms with Gasteiger partial charge in [-0.25, -0.2) is 4.98 Å². The number of hydrogen-bond acceptors (Lipinski definition) is 5. The number of hydrogen-bond donors (Lipinski definition) is 2. The van der Waals surface area contributed by atoms with Gasteiger partial charge in [0.1, 0.15) is 12.1 Å². The Morgan fingerprint density at radius 3 is 2.89 bits per heavy atom. The first kappa shape index (κ1) is 13.3. The Bertz CT molecular complexity index is 611. The van der Waals surface area contributed by atoms with E-state index in [1.807, 2.05) is 6.92 Å². The lowest BCUT2D eigenvalue weighted by Crippen LogP contribution is -2.28. The molecule has 0 saturated carbocycles. The number of nitrogens with one attached hydrogen (secondary N) is 1. The Morgan fingerprint density at radius 1 is 1.58 bits per heavy atom. The van der Waals surface area contributed by atoms with Gasteiger partial charge in [0.15, 0.2) is 5.82 Å². The third kappa shape index (κ3) is 2.82. The first-order chi connectivity index (χ1) is 8.99. The van der Waals surface area contributed by atoms with Gasteiger partial charge >= 0.3 is 0 Å². The summed E-state index contributed by atoms with van der Waals surface area (Å²) in [5, 5.41) is 10.7. The SMILES string of the molecule is CC(NC(=O)c1cnc(N)c(Cl)c1)c1nncn1C. The summed E-state index contributed by atoms with van der Waals surface area (Å²) >= 11 is 5.83. The number of nitrogens with zero attached hydrogens (tertiary/aromatic N) is 4. The van der Waals surface area contributed by atoms with Gasteiger partial charge in [0.25, 0.3) is 5.91 Å². The lowest BCUT2D eigenvalue weighted by Gasteiger charge is -2.13. The van der Waals surface area contributed by atoms with E-state index in [1.54, 1.807) is 17.9 Å². The van der Waals surface area contributed by atoms with Crippen molar-refractivity contribution < 1.29 is 4.79 Å². The Labute approximate surface area is 114 Å². The molecule has 1 unspecified atom stereocenters. The first-order valence-corrected chi connectivity index (χ1v) is 5.92. The van der Waals surface area contributed by atoms with Crippen molar-refractivity contribution in [2.24, 2.45) is 7.05 Å². The number of aryl methyl sites for hydroxylation is 1. The fourth-order valence-electron chi connectivity index (χ4n) is 1.60. The van der Waals surface area contributed by atoms with E-state index < -0.39 is 0 Å². The molecule has 2 rings (SSSR count). The summed E-state index contributed by atoms with van der Waals surface area (Å²) in [5.41, 5.74) is 5.83. The average Bonchev–Trinajstić information content (AvgIpc) is 2.79. The average molecular weight is 281 g/mol. The summed E-state index contributed by atoms with van der Waals surface area (Å²) in [6.07, 6.45) is 2.94. The summed E-state index contributed by atoms with van der Waals surface area (Å²) in [7, 11) is 1.81. The third-order valence-corrected chi connectivity index (χ3v) is 2.92. The molecule has 2 aromatic heterocycles. The highest BCUT2D eigenvalue weighted by molar-refractivity contribution is 6.33. The van der Waals surface area contributed by atoms with Gasteiger partial charge < -0.3 is 15.6 Å². The largest absolute Gasteiger partial charge is 0.382 e. The van der Waals surface area contributed by atoms with E-state index in [2.05, 4.69) is 20.5 Å². The van der Waals surface area contributed by atoms with E-state index in [1.165, 1.54) is 12.3 Å². The third-order valence-electron chi connectivity index (χ3n) is 2.61. The molecule has 2 heterocycles.